The van der Waals surface area contributed by atoms with Crippen LogP contribution in [0.2, 0.25) is 0 Å². The minimum absolute atomic E-state index is 0.00872. The van der Waals surface area contributed by atoms with Crippen molar-refractivity contribution in [2.24, 2.45) is 0 Å². The van der Waals surface area contributed by atoms with E-state index in [2.05, 4.69) is 4.72 Å². The topological polar surface area (TPSA) is 70.0 Å². The summed E-state index contributed by atoms with van der Waals surface area (Å²) in [7, 11) is -3.96. The quantitative estimate of drug-likeness (QED) is 0.942. The second-order valence-corrected chi connectivity index (χ2v) is 5.90. The Kier molecular flexibility index (Phi) is 4.31. The van der Waals surface area contributed by atoms with Crippen LogP contribution in [-0.4, -0.2) is 8.42 Å². The molecule has 0 atom stereocenters. The first kappa shape index (κ1) is 15.1. The zero-order chi connectivity index (χ0) is 15.5. The van der Waals surface area contributed by atoms with Gasteiger partial charge in [0.15, 0.2) is 0 Å². The molecule has 0 amide bonds. The maximum atomic E-state index is 13.4. The molecule has 108 valence electrons. The summed E-state index contributed by atoms with van der Waals surface area (Å²) in [4.78, 5) is -0.185. The molecular formula is C14H10F2N2O2S. The molecule has 0 saturated heterocycles. The summed E-state index contributed by atoms with van der Waals surface area (Å²) in [5.74, 6) is -1.58. The van der Waals surface area contributed by atoms with Crippen LogP contribution in [0.4, 0.5) is 8.78 Å². The lowest BCUT2D eigenvalue weighted by atomic mass is 10.2. The molecule has 0 aliphatic heterocycles. The van der Waals surface area contributed by atoms with Gasteiger partial charge in [0.25, 0.3) is 0 Å². The SMILES string of the molecule is N#Cc1ccccc1S(=O)(=O)NCc1ccc(F)cc1F. The number of rotatable bonds is 4. The zero-order valence-corrected chi connectivity index (χ0v) is 11.5. The van der Waals surface area contributed by atoms with Gasteiger partial charge >= 0.3 is 0 Å². The van der Waals surface area contributed by atoms with Crippen molar-refractivity contribution in [3.8, 4) is 6.07 Å². The van der Waals surface area contributed by atoms with Crippen LogP contribution in [-0.2, 0) is 16.6 Å². The predicted molar refractivity (Wildman–Crippen MR) is 71.5 cm³/mol. The third kappa shape index (κ3) is 3.42. The molecule has 0 fully saturated rings. The predicted octanol–water partition coefficient (Wildman–Crippen LogP) is 2.31. The Labute approximate surface area is 120 Å². The molecular weight excluding hydrogens is 298 g/mol. The second-order valence-electron chi connectivity index (χ2n) is 4.17. The molecule has 4 nitrogen and oxygen atoms in total. The first-order chi connectivity index (χ1) is 9.94. The Hall–Kier alpha value is -2.30. The molecule has 2 rings (SSSR count). The van der Waals surface area contributed by atoms with E-state index in [1.165, 1.54) is 24.3 Å². The highest BCUT2D eigenvalue weighted by atomic mass is 32.2. The van der Waals surface area contributed by atoms with Crippen molar-refractivity contribution in [2.75, 3.05) is 0 Å². The van der Waals surface area contributed by atoms with Crippen LogP contribution in [0.5, 0.6) is 0 Å². The Morgan fingerprint density at radius 1 is 1.14 bits per heavy atom. The van der Waals surface area contributed by atoms with Crippen LogP contribution in [0, 0.1) is 23.0 Å². The van der Waals surface area contributed by atoms with Gasteiger partial charge in [-0.1, -0.05) is 18.2 Å². The molecule has 0 radical (unpaired) electrons. The molecule has 0 heterocycles. The van der Waals surface area contributed by atoms with E-state index in [-0.39, 0.29) is 22.6 Å². The Morgan fingerprint density at radius 3 is 2.52 bits per heavy atom. The van der Waals surface area contributed by atoms with E-state index in [9.17, 15) is 17.2 Å². The van der Waals surface area contributed by atoms with Gasteiger partial charge in [-0.2, -0.15) is 5.26 Å². The summed E-state index contributed by atoms with van der Waals surface area (Å²) in [5, 5.41) is 8.90. The number of hydrogen-bond acceptors (Lipinski definition) is 3. The minimum Gasteiger partial charge on any atom is -0.207 e. The molecule has 0 spiro atoms. The van der Waals surface area contributed by atoms with Gasteiger partial charge < -0.3 is 0 Å². The third-order valence-electron chi connectivity index (χ3n) is 2.76. The second kappa shape index (κ2) is 5.99. The average molecular weight is 308 g/mol. The van der Waals surface area contributed by atoms with E-state index in [0.717, 1.165) is 12.1 Å². The van der Waals surface area contributed by atoms with Crippen LogP contribution >= 0.6 is 0 Å². The fraction of sp³-hybridized carbons (Fsp3) is 0.0714. The van der Waals surface area contributed by atoms with Crippen molar-refractivity contribution in [3.05, 3.63) is 65.2 Å². The fourth-order valence-electron chi connectivity index (χ4n) is 1.71. The van der Waals surface area contributed by atoms with Crippen molar-refractivity contribution in [3.63, 3.8) is 0 Å². The lowest BCUT2D eigenvalue weighted by Gasteiger charge is -2.08. The molecule has 2 aromatic rings. The van der Waals surface area contributed by atoms with Crippen molar-refractivity contribution in [1.82, 2.24) is 4.72 Å². The maximum absolute atomic E-state index is 13.4. The van der Waals surface area contributed by atoms with Gasteiger partial charge in [0.05, 0.1) is 10.5 Å². The molecule has 0 saturated carbocycles. The van der Waals surface area contributed by atoms with Crippen LogP contribution < -0.4 is 4.72 Å². The Balaban J connectivity index is 2.24. The van der Waals surface area contributed by atoms with Gasteiger partial charge in [-0.25, -0.2) is 21.9 Å². The van der Waals surface area contributed by atoms with Crippen LogP contribution in [0.1, 0.15) is 11.1 Å². The molecule has 0 unspecified atom stereocenters. The number of nitrogens with zero attached hydrogens (tertiary/aromatic N) is 1. The Bertz CT molecular complexity index is 814. The van der Waals surface area contributed by atoms with E-state index in [4.69, 9.17) is 5.26 Å². The smallest absolute Gasteiger partial charge is 0.207 e. The highest BCUT2D eigenvalue weighted by Gasteiger charge is 2.18. The highest BCUT2D eigenvalue weighted by molar-refractivity contribution is 7.89. The Morgan fingerprint density at radius 2 is 1.86 bits per heavy atom. The number of halogens is 2. The van der Waals surface area contributed by atoms with E-state index >= 15 is 0 Å². The fourth-order valence-corrected chi connectivity index (χ4v) is 2.87. The molecule has 21 heavy (non-hydrogen) atoms. The van der Waals surface area contributed by atoms with Gasteiger partial charge in [0.2, 0.25) is 10.0 Å². The number of sulfonamides is 1. The van der Waals surface area contributed by atoms with Crippen molar-refractivity contribution < 1.29 is 17.2 Å². The molecule has 0 bridgehead atoms. The lowest BCUT2D eigenvalue weighted by Crippen LogP contribution is -2.24. The first-order valence-corrected chi connectivity index (χ1v) is 7.35. The van der Waals surface area contributed by atoms with Crippen LogP contribution in [0.3, 0.4) is 0 Å². The molecule has 2 aromatic carbocycles. The normalized spacial score (nSPS) is 11.1. The van der Waals surface area contributed by atoms with Gasteiger partial charge in [-0.3, -0.25) is 0 Å². The summed E-state index contributed by atoms with van der Waals surface area (Å²) in [6, 6.07) is 10.3. The monoisotopic (exact) mass is 308 g/mol. The maximum Gasteiger partial charge on any atom is 0.242 e. The van der Waals surface area contributed by atoms with E-state index in [1.54, 1.807) is 6.07 Å². The van der Waals surface area contributed by atoms with Crippen LogP contribution in [0.25, 0.3) is 0 Å². The van der Waals surface area contributed by atoms with E-state index < -0.39 is 21.7 Å². The standard InChI is InChI=1S/C14H10F2N2O2S/c15-12-6-5-11(13(16)7-12)9-18-21(19,20)14-4-2-1-3-10(14)8-17/h1-7,18H,9H2. The molecule has 7 heteroatoms. The van der Waals surface area contributed by atoms with Crippen LogP contribution in [0.15, 0.2) is 47.4 Å². The van der Waals surface area contributed by atoms with E-state index in [0.29, 0.717) is 6.07 Å². The van der Waals surface area contributed by atoms with Gasteiger partial charge in [0, 0.05) is 18.2 Å². The van der Waals surface area contributed by atoms with Crippen molar-refractivity contribution in [2.45, 2.75) is 11.4 Å². The number of benzene rings is 2. The van der Waals surface area contributed by atoms with Gasteiger partial charge in [-0.05, 0) is 18.2 Å². The molecule has 0 aliphatic rings. The van der Waals surface area contributed by atoms with Gasteiger partial charge in [-0.15, -0.1) is 0 Å². The number of nitriles is 1. The van der Waals surface area contributed by atoms with E-state index in [1.807, 2.05) is 0 Å². The average Bonchev–Trinajstić information content (AvgIpc) is 2.46. The molecule has 0 aliphatic carbocycles. The molecule has 1 N–H and O–H groups in total. The first-order valence-electron chi connectivity index (χ1n) is 5.87. The van der Waals surface area contributed by atoms with Gasteiger partial charge in [0.1, 0.15) is 17.7 Å². The zero-order valence-electron chi connectivity index (χ0n) is 10.7. The lowest BCUT2D eigenvalue weighted by molar-refractivity contribution is 0.562. The third-order valence-corrected chi connectivity index (χ3v) is 4.22. The summed E-state index contributed by atoms with van der Waals surface area (Å²) >= 11 is 0. The summed E-state index contributed by atoms with van der Waals surface area (Å²) < 4.78 is 52.6. The molecule has 0 aromatic heterocycles. The highest BCUT2D eigenvalue weighted by Crippen LogP contribution is 2.15. The summed E-state index contributed by atoms with van der Waals surface area (Å²) in [5.41, 5.74) is -0.000933. The number of hydrogen-bond donors (Lipinski definition) is 1. The minimum atomic E-state index is -3.96. The largest absolute Gasteiger partial charge is 0.242 e. The summed E-state index contributed by atoms with van der Waals surface area (Å²) in [6.07, 6.45) is 0. The van der Waals surface area contributed by atoms with Crippen molar-refractivity contribution >= 4 is 10.0 Å². The van der Waals surface area contributed by atoms with Crippen molar-refractivity contribution in [1.29, 1.82) is 5.26 Å². The number of nitrogens with one attached hydrogen (secondary N) is 1. The summed E-state index contributed by atoms with van der Waals surface area (Å²) in [6.45, 7) is -0.339.